The van der Waals surface area contributed by atoms with Crippen LogP contribution in [0, 0.1) is 0 Å². The topological polar surface area (TPSA) is 89.1 Å². The van der Waals surface area contributed by atoms with E-state index >= 15 is 0 Å². The van der Waals surface area contributed by atoms with Crippen molar-refractivity contribution in [2.45, 2.75) is 57.8 Å². The zero-order valence-electron chi connectivity index (χ0n) is 17.3. The van der Waals surface area contributed by atoms with Gasteiger partial charge in [0.1, 0.15) is 10.7 Å². The van der Waals surface area contributed by atoms with Crippen LogP contribution < -0.4 is 5.56 Å². The van der Waals surface area contributed by atoms with Gasteiger partial charge in [-0.1, -0.05) is 12.1 Å². The molecule has 0 saturated carbocycles. The van der Waals surface area contributed by atoms with E-state index < -0.39 is 5.97 Å². The van der Waals surface area contributed by atoms with E-state index in [1.165, 1.54) is 16.0 Å². The van der Waals surface area contributed by atoms with Crippen molar-refractivity contribution in [2.75, 3.05) is 6.61 Å². The molecule has 1 N–H and O–H groups in total. The Morgan fingerprint density at radius 3 is 2.81 bits per heavy atom. The molecule has 3 aromatic rings. The molecular weight excluding hydrogens is 412 g/mol. The van der Waals surface area contributed by atoms with Gasteiger partial charge >= 0.3 is 5.97 Å². The van der Waals surface area contributed by atoms with Crippen LogP contribution in [0.2, 0.25) is 0 Å². The van der Waals surface area contributed by atoms with Crippen molar-refractivity contribution < 1.29 is 14.3 Å². The molecule has 0 saturated heterocycles. The highest BCUT2D eigenvalue weighted by atomic mass is 32.1. The second kappa shape index (κ2) is 8.38. The molecule has 5 rings (SSSR count). The summed E-state index contributed by atoms with van der Waals surface area (Å²) in [5, 5.41) is 0.714. The Bertz CT molecular complexity index is 1240. The number of Topliss-reactive ketones (excluding diaryl/α,β-unsaturated/α-hetero) is 1. The van der Waals surface area contributed by atoms with E-state index in [2.05, 4.69) is 9.97 Å². The summed E-state index contributed by atoms with van der Waals surface area (Å²) in [5.74, 6) is -0.180. The standard InChI is InChI=1S/C24H24N2O4S/c27-18(16-9-8-14-4-3-5-15(14)12-16)13-30-21(28)11-10-20-25-23(29)22-17-6-1-2-7-19(17)31-24(22)26-20/h8-9,12H,1-7,10-11,13H2,(H,25,26,29). The molecule has 6 nitrogen and oxygen atoms in total. The lowest BCUT2D eigenvalue weighted by Gasteiger charge is -2.09. The van der Waals surface area contributed by atoms with Crippen LogP contribution in [-0.2, 0) is 41.6 Å². The highest BCUT2D eigenvalue weighted by Gasteiger charge is 2.20. The van der Waals surface area contributed by atoms with Crippen LogP contribution in [0.1, 0.15) is 63.4 Å². The third-order valence-electron chi connectivity index (χ3n) is 6.22. The van der Waals surface area contributed by atoms with Crippen molar-refractivity contribution in [3.05, 3.63) is 61.5 Å². The number of esters is 1. The zero-order valence-corrected chi connectivity index (χ0v) is 18.1. The molecule has 31 heavy (non-hydrogen) atoms. The highest BCUT2D eigenvalue weighted by molar-refractivity contribution is 7.18. The monoisotopic (exact) mass is 436 g/mol. The number of aromatic nitrogens is 2. The minimum atomic E-state index is -0.470. The number of nitrogens with one attached hydrogen (secondary N) is 1. The maximum atomic E-state index is 12.6. The van der Waals surface area contributed by atoms with E-state index in [0.717, 1.165) is 55.3 Å². The number of aromatic amines is 1. The summed E-state index contributed by atoms with van der Waals surface area (Å²) in [5.41, 5.74) is 4.14. The van der Waals surface area contributed by atoms with Crippen LogP contribution in [-0.4, -0.2) is 28.3 Å². The number of hydrogen-bond acceptors (Lipinski definition) is 6. The van der Waals surface area contributed by atoms with Gasteiger partial charge in [0.15, 0.2) is 12.4 Å². The fourth-order valence-corrected chi connectivity index (χ4v) is 5.88. The van der Waals surface area contributed by atoms with Gasteiger partial charge in [-0.25, -0.2) is 4.98 Å². The summed E-state index contributed by atoms with van der Waals surface area (Å²) in [4.78, 5) is 46.5. The minimum absolute atomic E-state index is 0.0665. The van der Waals surface area contributed by atoms with Crippen molar-refractivity contribution >= 4 is 33.3 Å². The molecule has 2 aliphatic carbocycles. The number of ketones is 1. The second-order valence-electron chi connectivity index (χ2n) is 8.32. The molecule has 0 spiro atoms. The van der Waals surface area contributed by atoms with Crippen LogP contribution >= 0.6 is 11.3 Å². The summed E-state index contributed by atoms with van der Waals surface area (Å²) in [6.45, 7) is -0.266. The van der Waals surface area contributed by atoms with E-state index in [-0.39, 0.29) is 30.8 Å². The molecule has 7 heteroatoms. The van der Waals surface area contributed by atoms with Gasteiger partial charge in [0, 0.05) is 16.9 Å². The summed E-state index contributed by atoms with van der Waals surface area (Å²) < 4.78 is 5.18. The number of H-pyrrole nitrogens is 1. The van der Waals surface area contributed by atoms with Crippen LogP contribution in [0.3, 0.4) is 0 Å². The second-order valence-corrected chi connectivity index (χ2v) is 9.41. The molecule has 0 bridgehead atoms. The third-order valence-corrected chi connectivity index (χ3v) is 7.41. The number of aryl methyl sites for hydroxylation is 5. The average molecular weight is 437 g/mol. The molecule has 0 amide bonds. The first-order chi connectivity index (χ1) is 15.1. The number of carbonyl (C=O) groups is 2. The molecule has 0 unspecified atom stereocenters. The molecule has 0 atom stereocenters. The number of ether oxygens (including phenoxy) is 1. The Kier molecular flexibility index (Phi) is 5.44. The number of fused-ring (bicyclic) bond motifs is 4. The predicted octanol–water partition coefficient (Wildman–Crippen LogP) is 3.71. The fourth-order valence-electron chi connectivity index (χ4n) is 4.59. The molecule has 0 fully saturated rings. The van der Waals surface area contributed by atoms with Crippen molar-refractivity contribution in [1.29, 1.82) is 0 Å². The fraction of sp³-hybridized carbons (Fsp3) is 0.417. The number of hydrogen-bond donors (Lipinski definition) is 1. The Morgan fingerprint density at radius 2 is 1.90 bits per heavy atom. The molecule has 0 aliphatic heterocycles. The molecule has 2 aliphatic rings. The first-order valence-corrected chi connectivity index (χ1v) is 11.7. The van der Waals surface area contributed by atoms with Gasteiger partial charge in [-0.2, -0.15) is 0 Å². The summed E-state index contributed by atoms with van der Waals surface area (Å²) in [6.07, 6.45) is 7.73. The molecule has 0 radical (unpaired) electrons. The maximum Gasteiger partial charge on any atom is 0.306 e. The zero-order chi connectivity index (χ0) is 21.4. The summed E-state index contributed by atoms with van der Waals surface area (Å²) in [6, 6.07) is 5.73. The lowest BCUT2D eigenvalue weighted by molar-refractivity contribution is -0.142. The van der Waals surface area contributed by atoms with Crippen LogP contribution in [0.15, 0.2) is 23.0 Å². The SMILES string of the molecule is O=C(CCc1nc2sc3c(c2c(=O)[nH]1)CCCC3)OCC(=O)c1ccc2c(c1)CCC2. The van der Waals surface area contributed by atoms with E-state index in [4.69, 9.17) is 4.74 Å². The lowest BCUT2D eigenvalue weighted by Crippen LogP contribution is -2.17. The number of rotatable bonds is 6. The normalized spacial score (nSPS) is 15.0. The van der Waals surface area contributed by atoms with Crippen LogP contribution in [0.25, 0.3) is 10.2 Å². The third kappa shape index (κ3) is 4.06. The van der Waals surface area contributed by atoms with Crippen molar-refractivity contribution in [3.8, 4) is 0 Å². The van der Waals surface area contributed by atoms with Gasteiger partial charge < -0.3 is 9.72 Å². The molecule has 2 heterocycles. The van der Waals surface area contributed by atoms with Gasteiger partial charge in [0.25, 0.3) is 5.56 Å². The van der Waals surface area contributed by atoms with Gasteiger partial charge in [0.2, 0.25) is 0 Å². The Morgan fingerprint density at radius 1 is 1.06 bits per heavy atom. The van der Waals surface area contributed by atoms with Crippen LogP contribution in [0.4, 0.5) is 0 Å². The Labute approximate surface area is 183 Å². The number of benzene rings is 1. The first-order valence-electron chi connectivity index (χ1n) is 10.9. The molecular formula is C24H24N2O4S. The highest BCUT2D eigenvalue weighted by Crippen LogP contribution is 2.33. The van der Waals surface area contributed by atoms with E-state index in [1.54, 1.807) is 11.3 Å². The molecule has 1 aromatic carbocycles. The van der Waals surface area contributed by atoms with Crippen molar-refractivity contribution in [3.63, 3.8) is 0 Å². The first kappa shape index (κ1) is 20.1. The average Bonchev–Trinajstić information content (AvgIpc) is 3.39. The Hall–Kier alpha value is -2.80. The summed E-state index contributed by atoms with van der Waals surface area (Å²) >= 11 is 1.59. The minimum Gasteiger partial charge on any atom is -0.457 e. The lowest BCUT2D eigenvalue weighted by atomic mass is 9.97. The van der Waals surface area contributed by atoms with E-state index in [0.29, 0.717) is 16.8 Å². The largest absolute Gasteiger partial charge is 0.457 e. The quantitative estimate of drug-likeness (QED) is 0.470. The van der Waals surface area contributed by atoms with Crippen molar-refractivity contribution in [2.24, 2.45) is 0 Å². The van der Waals surface area contributed by atoms with Crippen molar-refractivity contribution in [1.82, 2.24) is 9.97 Å². The predicted molar refractivity (Wildman–Crippen MR) is 119 cm³/mol. The van der Waals surface area contributed by atoms with E-state index in [1.807, 2.05) is 18.2 Å². The summed E-state index contributed by atoms with van der Waals surface area (Å²) in [7, 11) is 0. The maximum absolute atomic E-state index is 12.6. The Balaban J connectivity index is 1.19. The van der Waals surface area contributed by atoms with Gasteiger partial charge in [-0.15, -0.1) is 11.3 Å². The molecule has 160 valence electrons. The number of thiophene rings is 1. The van der Waals surface area contributed by atoms with Gasteiger partial charge in [0.05, 0.1) is 11.8 Å². The van der Waals surface area contributed by atoms with Gasteiger partial charge in [-0.05, 0) is 67.7 Å². The molecule has 2 aromatic heterocycles. The number of nitrogens with zero attached hydrogens (tertiary/aromatic N) is 1. The van der Waals surface area contributed by atoms with Crippen LogP contribution in [0.5, 0.6) is 0 Å². The smallest absolute Gasteiger partial charge is 0.306 e. The van der Waals surface area contributed by atoms with Gasteiger partial charge in [-0.3, -0.25) is 14.4 Å². The number of carbonyl (C=O) groups excluding carboxylic acids is 2. The van der Waals surface area contributed by atoms with E-state index in [9.17, 15) is 14.4 Å².